The van der Waals surface area contributed by atoms with Gasteiger partial charge in [-0.15, -0.1) is 0 Å². The van der Waals surface area contributed by atoms with Gasteiger partial charge in [-0.05, 0) is 19.3 Å². The molecule has 0 aromatic carbocycles. The maximum Gasteiger partial charge on any atom is 0.138 e. The van der Waals surface area contributed by atoms with Crippen molar-refractivity contribution in [3.8, 4) is 0 Å². The summed E-state index contributed by atoms with van der Waals surface area (Å²) in [4.78, 5) is 4.21. The average Bonchev–Trinajstić information content (AvgIpc) is 3.15. The lowest BCUT2D eigenvalue weighted by molar-refractivity contribution is -0.0171. The molecule has 0 unspecified atom stereocenters. The van der Waals surface area contributed by atoms with E-state index < -0.39 is 6.10 Å². The van der Waals surface area contributed by atoms with E-state index in [-0.39, 0.29) is 6.10 Å². The fourth-order valence-electron chi connectivity index (χ4n) is 2.88. The topological polar surface area (TPSA) is 81.4 Å². The highest BCUT2D eigenvalue weighted by molar-refractivity contribution is 4.92. The molecule has 1 aromatic heterocycles. The second kappa shape index (κ2) is 7.31. The fraction of sp³-hybridized carbons (Fsp3) is 0.857. The van der Waals surface area contributed by atoms with Crippen LogP contribution in [0.3, 0.4) is 0 Å². The SMILES string of the molecule is O[C@H](CN[C@H]1CCc2ncnn2C1)COC[C@@H]1CCCO1. The molecule has 0 amide bonds. The minimum atomic E-state index is -0.483. The Morgan fingerprint density at radius 1 is 1.52 bits per heavy atom. The Bertz CT molecular complexity index is 434. The van der Waals surface area contributed by atoms with Gasteiger partial charge in [0.2, 0.25) is 0 Å². The summed E-state index contributed by atoms with van der Waals surface area (Å²) in [5, 5.41) is 17.5. The Labute approximate surface area is 124 Å². The van der Waals surface area contributed by atoms with Gasteiger partial charge in [-0.3, -0.25) is 0 Å². The molecule has 1 saturated heterocycles. The molecule has 7 nitrogen and oxygen atoms in total. The number of nitrogens with zero attached hydrogens (tertiary/aromatic N) is 3. The largest absolute Gasteiger partial charge is 0.389 e. The van der Waals surface area contributed by atoms with E-state index >= 15 is 0 Å². The molecule has 2 N–H and O–H groups in total. The first-order valence-electron chi connectivity index (χ1n) is 7.79. The number of fused-ring (bicyclic) bond motifs is 1. The number of aliphatic hydroxyl groups is 1. The molecule has 1 fully saturated rings. The number of rotatable bonds is 7. The van der Waals surface area contributed by atoms with Crippen molar-refractivity contribution in [2.24, 2.45) is 0 Å². The van der Waals surface area contributed by atoms with Gasteiger partial charge in [-0.2, -0.15) is 5.10 Å². The summed E-state index contributed by atoms with van der Waals surface area (Å²) in [6.07, 6.45) is 5.48. The highest BCUT2D eigenvalue weighted by atomic mass is 16.5. The monoisotopic (exact) mass is 296 g/mol. The lowest BCUT2D eigenvalue weighted by atomic mass is 10.1. The van der Waals surface area contributed by atoms with E-state index in [1.165, 1.54) is 0 Å². The molecule has 3 atom stereocenters. The molecule has 0 radical (unpaired) electrons. The molecule has 2 aliphatic heterocycles. The van der Waals surface area contributed by atoms with Crippen LogP contribution < -0.4 is 5.32 Å². The normalized spacial score (nSPS) is 26.7. The van der Waals surface area contributed by atoms with Crippen LogP contribution in [0, 0.1) is 0 Å². The van der Waals surface area contributed by atoms with Gasteiger partial charge in [0.1, 0.15) is 12.2 Å². The molecule has 7 heteroatoms. The Kier molecular flexibility index (Phi) is 5.18. The molecule has 0 saturated carbocycles. The maximum atomic E-state index is 9.95. The third kappa shape index (κ3) is 4.23. The molecule has 3 heterocycles. The minimum Gasteiger partial charge on any atom is -0.389 e. The molecule has 0 spiro atoms. The van der Waals surface area contributed by atoms with Gasteiger partial charge in [0.05, 0.1) is 32.0 Å². The number of aromatic nitrogens is 3. The molecule has 1 aromatic rings. The smallest absolute Gasteiger partial charge is 0.138 e. The van der Waals surface area contributed by atoms with Gasteiger partial charge in [-0.25, -0.2) is 9.67 Å². The predicted molar refractivity (Wildman–Crippen MR) is 75.9 cm³/mol. The molecule has 118 valence electrons. The summed E-state index contributed by atoms with van der Waals surface area (Å²) >= 11 is 0. The first-order valence-corrected chi connectivity index (χ1v) is 7.79. The zero-order valence-electron chi connectivity index (χ0n) is 12.3. The van der Waals surface area contributed by atoms with Crippen molar-refractivity contribution in [2.45, 2.75) is 50.5 Å². The summed E-state index contributed by atoms with van der Waals surface area (Å²) in [5.41, 5.74) is 0. The molecular weight excluding hydrogens is 272 g/mol. The number of hydrogen-bond acceptors (Lipinski definition) is 6. The second-order valence-electron chi connectivity index (χ2n) is 5.83. The molecule has 3 rings (SSSR count). The van der Waals surface area contributed by atoms with Crippen LogP contribution in [0.2, 0.25) is 0 Å². The van der Waals surface area contributed by atoms with E-state index in [1.54, 1.807) is 6.33 Å². The average molecular weight is 296 g/mol. The van der Waals surface area contributed by atoms with E-state index in [0.717, 1.165) is 44.7 Å². The standard InChI is InChI=1S/C14H24N4O3/c19-12(8-20-9-13-2-1-5-21-13)6-15-11-3-4-14-16-10-17-18(14)7-11/h10-13,15,19H,1-9H2/t11-,12+,13-/m0/s1. The Balaban J connectivity index is 1.30. The van der Waals surface area contributed by atoms with E-state index in [0.29, 0.717) is 25.8 Å². The molecular formula is C14H24N4O3. The van der Waals surface area contributed by atoms with Gasteiger partial charge in [0, 0.05) is 25.6 Å². The summed E-state index contributed by atoms with van der Waals surface area (Å²) in [7, 11) is 0. The number of aliphatic hydroxyl groups excluding tert-OH is 1. The molecule has 21 heavy (non-hydrogen) atoms. The Morgan fingerprint density at radius 3 is 3.33 bits per heavy atom. The molecule has 0 aliphatic carbocycles. The third-order valence-corrected chi connectivity index (χ3v) is 4.09. The quantitative estimate of drug-likeness (QED) is 0.721. The van der Waals surface area contributed by atoms with Gasteiger partial charge in [0.25, 0.3) is 0 Å². The lowest BCUT2D eigenvalue weighted by Crippen LogP contribution is -2.42. The Hall–Kier alpha value is -1.02. The van der Waals surface area contributed by atoms with Crippen molar-refractivity contribution < 1.29 is 14.6 Å². The number of aryl methyl sites for hydroxylation is 1. The van der Waals surface area contributed by atoms with Crippen molar-refractivity contribution in [3.63, 3.8) is 0 Å². The number of nitrogens with one attached hydrogen (secondary N) is 1. The Morgan fingerprint density at radius 2 is 2.48 bits per heavy atom. The van der Waals surface area contributed by atoms with Gasteiger partial charge in [0.15, 0.2) is 0 Å². The van der Waals surface area contributed by atoms with Crippen molar-refractivity contribution in [1.82, 2.24) is 20.1 Å². The van der Waals surface area contributed by atoms with Gasteiger partial charge in [-0.1, -0.05) is 0 Å². The number of ether oxygens (including phenoxy) is 2. The molecule has 0 bridgehead atoms. The fourth-order valence-corrected chi connectivity index (χ4v) is 2.88. The zero-order chi connectivity index (χ0) is 14.5. The van der Waals surface area contributed by atoms with E-state index in [9.17, 15) is 5.11 Å². The van der Waals surface area contributed by atoms with Crippen LogP contribution in [-0.2, 0) is 22.4 Å². The summed E-state index contributed by atoms with van der Waals surface area (Å²) < 4.78 is 12.9. The lowest BCUT2D eigenvalue weighted by Gasteiger charge is -2.25. The predicted octanol–water partition coefficient (Wildman–Crippen LogP) is -0.261. The van der Waals surface area contributed by atoms with Crippen LogP contribution >= 0.6 is 0 Å². The van der Waals surface area contributed by atoms with Crippen molar-refractivity contribution in [3.05, 3.63) is 12.2 Å². The van der Waals surface area contributed by atoms with Crippen LogP contribution in [0.4, 0.5) is 0 Å². The van der Waals surface area contributed by atoms with Crippen molar-refractivity contribution >= 4 is 0 Å². The first kappa shape index (κ1) is 14.9. The van der Waals surface area contributed by atoms with Crippen molar-refractivity contribution in [1.29, 1.82) is 0 Å². The maximum absolute atomic E-state index is 9.95. The van der Waals surface area contributed by atoms with Gasteiger partial charge >= 0.3 is 0 Å². The van der Waals surface area contributed by atoms with Crippen LogP contribution in [-0.4, -0.2) is 64.5 Å². The highest BCUT2D eigenvalue weighted by Gasteiger charge is 2.20. The summed E-state index contributed by atoms with van der Waals surface area (Å²) in [6, 6.07) is 0.340. The van der Waals surface area contributed by atoms with Crippen LogP contribution in [0.5, 0.6) is 0 Å². The molecule has 2 aliphatic rings. The highest BCUT2D eigenvalue weighted by Crippen LogP contribution is 2.12. The summed E-state index contributed by atoms with van der Waals surface area (Å²) in [6.45, 7) is 3.14. The third-order valence-electron chi connectivity index (χ3n) is 4.09. The van der Waals surface area contributed by atoms with Crippen LogP contribution in [0.25, 0.3) is 0 Å². The van der Waals surface area contributed by atoms with Gasteiger partial charge < -0.3 is 19.9 Å². The van der Waals surface area contributed by atoms with Crippen molar-refractivity contribution in [2.75, 3.05) is 26.4 Å². The first-order chi connectivity index (χ1) is 10.3. The van der Waals surface area contributed by atoms with E-state index in [2.05, 4.69) is 15.4 Å². The van der Waals surface area contributed by atoms with Crippen LogP contribution in [0.1, 0.15) is 25.1 Å². The van der Waals surface area contributed by atoms with E-state index in [1.807, 2.05) is 4.68 Å². The minimum absolute atomic E-state index is 0.217. The van der Waals surface area contributed by atoms with Crippen LogP contribution in [0.15, 0.2) is 6.33 Å². The van der Waals surface area contributed by atoms with E-state index in [4.69, 9.17) is 9.47 Å². The summed E-state index contributed by atoms with van der Waals surface area (Å²) in [5.74, 6) is 1.05. The number of hydrogen-bond donors (Lipinski definition) is 2. The zero-order valence-corrected chi connectivity index (χ0v) is 12.3. The second-order valence-corrected chi connectivity index (χ2v) is 5.83.